The molecule has 1 amide bonds. The van der Waals surface area contributed by atoms with Crippen LogP contribution in [0.5, 0.6) is 0 Å². The van der Waals surface area contributed by atoms with Gasteiger partial charge in [0.2, 0.25) is 5.91 Å². The minimum atomic E-state index is -4.81. The molecule has 0 radical (unpaired) electrons. The van der Waals surface area contributed by atoms with Gasteiger partial charge in [-0.05, 0) is 63.8 Å². The first-order valence-corrected chi connectivity index (χ1v) is 11.5. The van der Waals surface area contributed by atoms with Crippen LogP contribution in [-0.2, 0) is 15.7 Å². The van der Waals surface area contributed by atoms with Crippen LogP contribution in [0, 0.1) is 5.92 Å². The molecule has 7 nitrogen and oxygen atoms in total. The zero-order valence-corrected chi connectivity index (χ0v) is 20.1. The number of benzene rings is 1. The van der Waals surface area contributed by atoms with Gasteiger partial charge in [0.25, 0.3) is 0 Å². The molecule has 3 rings (SSSR count). The average molecular weight is 493 g/mol. The van der Waals surface area contributed by atoms with Crippen molar-refractivity contribution in [2.75, 3.05) is 36.8 Å². The van der Waals surface area contributed by atoms with Crippen LogP contribution in [0.2, 0.25) is 0 Å². The van der Waals surface area contributed by atoms with Crippen molar-refractivity contribution in [3.05, 3.63) is 53.9 Å². The Morgan fingerprint density at radius 1 is 1.06 bits per heavy atom. The molecule has 1 aromatic carbocycles. The van der Waals surface area contributed by atoms with E-state index in [1.54, 1.807) is 38.1 Å². The first-order chi connectivity index (χ1) is 16.4. The van der Waals surface area contributed by atoms with Gasteiger partial charge in [0.15, 0.2) is 0 Å². The second-order valence-corrected chi connectivity index (χ2v) is 9.52. The summed E-state index contributed by atoms with van der Waals surface area (Å²) < 4.78 is 46.7. The Morgan fingerprint density at radius 2 is 1.71 bits per heavy atom. The van der Waals surface area contributed by atoms with E-state index in [9.17, 15) is 22.8 Å². The molecule has 1 aromatic heterocycles. The predicted molar refractivity (Wildman–Crippen MR) is 127 cm³/mol. The van der Waals surface area contributed by atoms with Gasteiger partial charge in [0.1, 0.15) is 5.60 Å². The van der Waals surface area contributed by atoms with Crippen LogP contribution in [-0.4, -0.2) is 53.5 Å². The summed E-state index contributed by atoms with van der Waals surface area (Å²) >= 11 is 0. The quantitative estimate of drug-likeness (QED) is 0.540. The third-order valence-electron chi connectivity index (χ3n) is 5.64. The van der Waals surface area contributed by atoms with E-state index in [-0.39, 0.29) is 18.1 Å². The number of piperidine rings is 1. The molecule has 0 unspecified atom stereocenters. The number of nitrogens with zero attached hydrogens (tertiary/aromatic N) is 2. The van der Waals surface area contributed by atoms with Gasteiger partial charge in [0, 0.05) is 43.4 Å². The lowest BCUT2D eigenvalue weighted by Crippen LogP contribution is -2.42. The molecule has 35 heavy (non-hydrogen) atoms. The molecule has 2 heterocycles. The first-order valence-electron chi connectivity index (χ1n) is 11.5. The Morgan fingerprint density at radius 3 is 2.31 bits per heavy atom. The van der Waals surface area contributed by atoms with E-state index in [2.05, 4.69) is 15.6 Å². The smallest absolute Gasteiger partial charge is 0.419 e. The number of carbonyl (C=O) groups is 2. The van der Waals surface area contributed by atoms with Crippen molar-refractivity contribution in [1.29, 1.82) is 0 Å². The summed E-state index contributed by atoms with van der Waals surface area (Å²) in [5, 5.41) is 5.95. The summed E-state index contributed by atoms with van der Waals surface area (Å²) in [6.45, 7) is 6.28. The fourth-order valence-electron chi connectivity index (χ4n) is 3.91. The number of nitrogens with one attached hydrogen (secondary N) is 2. The lowest BCUT2D eigenvalue weighted by molar-refractivity contribution is -0.138. The van der Waals surface area contributed by atoms with Gasteiger partial charge in [-0.15, -0.1) is 0 Å². The number of likely N-dealkylation sites (tertiary alicyclic amines) is 1. The van der Waals surface area contributed by atoms with Crippen LogP contribution in [0.3, 0.4) is 0 Å². The van der Waals surface area contributed by atoms with E-state index < -0.39 is 28.9 Å². The van der Waals surface area contributed by atoms with Crippen LogP contribution in [0.15, 0.2) is 42.7 Å². The third-order valence-corrected chi connectivity index (χ3v) is 5.64. The number of ether oxygens (including phenoxy) is 1. The van der Waals surface area contributed by atoms with Crippen molar-refractivity contribution < 1.29 is 27.5 Å². The predicted octanol–water partition coefficient (Wildman–Crippen LogP) is 4.82. The number of hydrogen-bond acceptors (Lipinski definition) is 6. The lowest BCUT2D eigenvalue weighted by atomic mass is 9.96. The SMILES string of the molecule is CC(C)(C)OC(=O)c1cccc(NCC(=O)N2CCC(CNc3ccncc3)CC2)c1C(F)(F)F. The molecular formula is C25H31F3N4O3. The number of hydrogen-bond donors (Lipinski definition) is 2. The molecule has 10 heteroatoms. The second kappa shape index (κ2) is 11.0. The molecule has 190 valence electrons. The number of amides is 1. The maximum Gasteiger partial charge on any atom is 0.419 e. The maximum absolute atomic E-state index is 13.9. The fraction of sp³-hybridized carbons (Fsp3) is 0.480. The molecule has 1 aliphatic rings. The summed E-state index contributed by atoms with van der Waals surface area (Å²) in [4.78, 5) is 30.7. The zero-order chi connectivity index (χ0) is 25.6. The molecule has 2 aromatic rings. The van der Waals surface area contributed by atoms with Crippen molar-refractivity contribution in [2.45, 2.75) is 45.4 Å². The Hall–Kier alpha value is -3.30. The van der Waals surface area contributed by atoms with Gasteiger partial charge in [-0.3, -0.25) is 9.78 Å². The summed E-state index contributed by atoms with van der Waals surface area (Å²) in [6, 6.07) is 7.40. The average Bonchev–Trinajstić information content (AvgIpc) is 2.80. The molecule has 0 atom stereocenters. The number of esters is 1. The van der Waals surface area contributed by atoms with Gasteiger partial charge in [-0.1, -0.05) is 6.07 Å². The first kappa shape index (κ1) is 26.3. The number of aromatic nitrogens is 1. The highest BCUT2D eigenvalue weighted by atomic mass is 19.4. The van der Waals surface area contributed by atoms with Crippen molar-refractivity contribution in [3.8, 4) is 0 Å². The number of pyridine rings is 1. The van der Waals surface area contributed by atoms with E-state index in [1.807, 2.05) is 12.1 Å². The summed E-state index contributed by atoms with van der Waals surface area (Å²) in [7, 11) is 0. The maximum atomic E-state index is 13.9. The van der Waals surface area contributed by atoms with Crippen LogP contribution in [0.4, 0.5) is 24.5 Å². The Labute approximate surface area is 203 Å². The molecule has 0 saturated carbocycles. The molecule has 0 spiro atoms. The van der Waals surface area contributed by atoms with Crippen LogP contribution in [0.25, 0.3) is 0 Å². The molecule has 1 aliphatic heterocycles. The van der Waals surface area contributed by atoms with Gasteiger partial charge in [-0.25, -0.2) is 4.79 Å². The summed E-state index contributed by atoms with van der Waals surface area (Å²) in [6.07, 6.45) is 0.213. The lowest BCUT2D eigenvalue weighted by Gasteiger charge is -2.32. The van der Waals surface area contributed by atoms with Crippen molar-refractivity contribution in [2.24, 2.45) is 5.92 Å². The van der Waals surface area contributed by atoms with Gasteiger partial charge in [0.05, 0.1) is 17.7 Å². The Balaban J connectivity index is 1.58. The van der Waals surface area contributed by atoms with E-state index in [0.717, 1.165) is 31.1 Å². The molecule has 0 bridgehead atoms. The highest BCUT2D eigenvalue weighted by molar-refractivity contribution is 5.94. The van der Waals surface area contributed by atoms with Gasteiger partial charge in [-0.2, -0.15) is 13.2 Å². The van der Waals surface area contributed by atoms with Crippen LogP contribution < -0.4 is 10.6 Å². The van der Waals surface area contributed by atoms with E-state index in [0.29, 0.717) is 19.0 Å². The van der Waals surface area contributed by atoms with Gasteiger partial charge < -0.3 is 20.3 Å². The van der Waals surface area contributed by atoms with Gasteiger partial charge >= 0.3 is 12.1 Å². The van der Waals surface area contributed by atoms with Crippen molar-refractivity contribution in [3.63, 3.8) is 0 Å². The molecule has 1 saturated heterocycles. The standard InChI is InChI=1S/C25H31F3N4O3/c1-24(2,3)35-23(34)19-5-4-6-20(22(19)25(26,27)28)31-16-21(33)32-13-9-17(10-14-32)15-30-18-7-11-29-12-8-18/h4-8,11-12,17,31H,9-10,13-16H2,1-3H3,(H,29,30). The van der Waals surface area contributed by atoms with Crippen molar-refractivity contribution in [1.82, 2.24) is 9.88 Å². The van der Waals surface area contributed by atoms with E-state index in [1.165, 1.54) is 12.1 Å². The fourth-order valence-corrected chi connectivity index (χ4v) is 3.91. The summed E-state index contributed by atoms with van der Waals surface area (Å²) in [5.74, 6) is -0.967. The number of carbonyl (C=O) groups excluding carboxylic acids is 2. The highest BCUT2D eigenvalue weighted by Crippen LogP contribution is 2.38. The molecule has 1 fully saturated rings. The second-order valence-electron chi connectivity index (χ2n) is 9.52. The number of rotatable bonds is 7. The minimum absolute atomic E-state index is 0.290. The van der Waals surface area contributed by atoms with Crippen LogP contribution >= 0.6 is 0 Å². The number of alkyl halides is 3. The number of halogens is 3. The Bertz CT molecular complexity index is 1010. The molecule has 2 N–H and O–H groups in total. The molecule has 0 aliphatic carbocycles. The summed E-state index contributed by atoms with van der Waals surface area (Å²) in [5.41, 5.74) is -2.02. The zero-order valence-electron chi connectivity index (χ0n) is 20.1. The minimum Gasteiger partial charge on any atom is -0.456 e. The van der Waals surface area contributed by atoms with E-state index in [4.69, 9.17) is 4.74 Å². The molecular weight excluding hydrogens is 461 g/mol. The van der Waals surface area contributed by atoms with Crippen LogP contribution in [0.1, 0.15) is 49.5 Å². The number of anilines is 2. The highest BCUT2D eigenvalue weighted by Gasteiger charge is 2.39. The monoisotopic (exact) mass is 492 g/mol. The topological polar surface area (TPSA) is 83.6 Å². The normalized spacial score (nSPS) is 15.0. The van der Waals surface area contributed by atoms with E-state index >= 15 is 0 Å². The largest absolute Gasteiger partial charge is 0.456 e. The third kappa shape index (κ3) is 7.60. The Kier molecular flexibility index (Phi) is 8.24. The van der Waals surface area contributed by atoms with Crippen molar-refractivity contribution >= 4 is 23.3 Å².